The molecule has 0 radical (unpaired) electrons. The first-order chi connectivity index (χ1) is 8.02. The topological polar surface area (TPSA) is 21.3 Å². The van der Waals surface area contributed by atoms with E-state index < -0.39 is 11.7 Å². The first kappa shape index (κ1) is 12.2. The summed E-state index contributed by atoms with van der Waals surface area (Å²) in [6, 6.07) is 4.15. The number of hydrogen-bond acceptors (Lipinski definition) is 2. The second-order valence-electron chi connectivity index (χ2n) is 4.15. The lowest BCUT2D eigenvalue weighted by Gasteiger charge is -2.15. The molecule has 0 aliphatic carbocycles. The summed E-state index contributed by atoms with van der Waals surface area (Å²) in [4.78, 5) is 0. The largest absolute Gasteiger partial charge is 0.496 e. The molecular weight excluding hydrogens is 231 g/mol. The lowest BCUT2D eigenvalue weighted by molar-refractivity contribution is -0.138. The summed E-state index contributed by atoms with van der Waals surface area (Å²) in [7, 11) is 1.27. The standard InChI is InChI=1S/C12H14F3NO/c1-17-11-6-8(9-4-5-16-7-9)2-3-10(11)12(13,14)15/h2-3,6,9,16H,4-5,7H2,1H3. The van der Waals surface area contributed by atoms with Crippen LogP contribution in [0.5, 0.6) is 5.75 Å². The number of alkyl halides is 3. The molecule has 1 aromatic carbocycles. The monoisotopic (exact) mass is 245 g/mol. The van der Waals surface area contributed by atoms with E-state index in [-0.39, 0.29) is 11.7 Å². The highest BCUT2D eigenvalue weighted by Gasteiger charge is 2.34. The molecule has 1 atom stereocenters. The smallest absolute Gasteiger partial charge is 0.419 e. The summed E-state index contributed by atoms with van der Waals surface area (Å²) in [5, 5.41) is 3.19. The van der Waals surface area contributed by atoms with Gasteiger partial charge >= 0.3 is 6.18 Å². The predicted octanol–water partition coefficient (Wildman–Crippen LogP) is 2.79. The Kier molecular flexibility index (Phi) is 3.28. The number of hydrogen-bond donors (Lipinski definition) is 1. The normalized spacial score (nSPS) is 20.6. The summed E-state index contributed by atoms with van der Waals surface area (Å²) < 4.78 is 42.8. The molecular formula is C12H14F3NO. The van der Waals surface area contributed by atoms with Gasteiger partial charge in [-0.25, -0.2) is 0 Å². The number of ether oxygens (including phenoxy) is 1. The first-order valence-corrected chi connectivity index (χ1v) is 5.48. The van der Waals surface area contributed by atoms with Crippen molar-refractivity contribution < 1.29 is 17.9 Å². The Balaban J connectivity index is 2.33. The maximum Gasteiger partial charge on any atom is 0.419 e. The third-order valence-electron chi connectivity index (χ3n) is 3.06. The zero-order valence-corrected chi connectivity index (χ0v) is 9.47. The van der Waals surface area contributed by atoms with Gasteiger partial charge < -0.3 is 10.1 Å². The fourth-order valence-electron chi connectivity index (χ4n) is 2.14. The van der Waals surface area contributed by atoms with Crippen molar-refractivity contribution in [3.63, 3.8) is 0 Å². The molecule has 0 saturated carbocycles. The molecule has 1 N–H and O–H groups in total. The van der Waals surface area contributed by atoms with E-state index in [9.17, 15) is 13.2 Å². The van der Waals surface area contributed by atoms with Gasteiger partial charge in [0.2, 0.25) is 0 Å². The van der Waals surface area contributed by atoms with Crippen molar-refractivity contribution in [3.8, 4) is 5.75 Å². The molecule has 1 aromatic rings. The SMILES string of the molecule is COc1cc(C2CCNC2)ccc1C(F)(F)F. The van der Waals surface area contributed by atoms with Crippen LogP contribution in [0.2, 0.25) is 0 Å². The number of nitrogens with one attached hydrogen (secondary N) is 1. The van der Waals surface area contributed by atoms with Gasteiger partial charge in [0, 0.05) is 6.54 Å². The van der Waals surface area contributed by atoms with Gasteiger partial charge in [-0.3, -0.25) is 0 Å². The van der Waals surface area contributed by atoms with Gasteiger partial charge in [0.1, 0.15) is 5.75 Å². The van der Waals surface area contributed by atoms with Crippen LogP contribution in [-0.4, -0.2) is 20.2 Å². The average Bonchev–Trinajstić information content (AvgIpc) is 2.80. The van der Waals surface area contributed by atoms with Crippen LogP contribution in [0.3, 0.4) is 0 Å². The van der Waals surface area contributed by atoms with E-state index in [1.165, 1.54) is 13.2 Å². The van der Waals surface area contributed by atoms with E-state index in [4.69, 9.17) is 4.74 Å². The minimum Gasteiger partial charge on any atom is -0.496 e. The lowest BCUT2D eigenvalue weighted by Crippen LogP contribution is -2.10. The van der Waals surface area contributed by atoms with Crippen LogP contribution in [0.15, 0.2) is 18.2 Å². The Morgan fingerprint density at radius 2 is 2.12 bits per heavy atom. The summed E-state index contributed by atoms with van der Waals surface area (Å²) in [6.45, 7) is 1.72. The molecule has 2 nitrogen and oxygen atoms in total. The van der Waals surface area contributed by atoms with E-state index in [2.05, 4.69) is 5.32 Å². The summed E-state index contributed by atoms with van der Waals surface area (Å²) in [5.74, 6) is 0.188. The quantitative estimate of drug-likeness (QED) is 0.865. The second kappa shape index (κ2) is 4.56. The van der Waals surface area contributed by atoms with Gasteiger partial charge in [-0.1, -0.05) is 6.07 Å². The van der Waals surface area contributed by atoms with Crippen LogP contribution in [0, 0.1) is 0 Å². The minimum absolute atomic E-state index is 0.0955. The average molecular weight is 245 g/mol. The van der Waals surface area contributed by atoms with E-state index in [1.54, 1.807) is 6.07 Å². The molecule has 1 aliphatic heterocycles. The van der Waals surface area contributed by atoms with Crippen molar-refractivity contribution >= 4 is 0 Å². The fourth-order valence-corrected chi connectivity index (χ4v) is 2.14. The fraction of sp³-hybridized carbons (Fsp3) is 0.500. The number of benzene rings is 1. The van der Waals surface area contributed by atoms with E-state index in [1.807, 2.05) is 0 Å². The van der Waals surface area contributed by atoms with Crippen LogP contribution >= 0.6 is 0 Å². The molecule has 0 bridgehead atoms. The maximum atomic E-state index is 12.7. The zero-order valence-electron chi connectivity index (χ0n) is 9.47. The third kappa shape index (κ3) is 2.54. The molecule has 0 aromatic heterocycles. The molecule has 1 heterocycles. The van der Waals surface area contributed by atoms with E-state index in [0.29, 0.717) is 0 Å². The van der Waals surface area contributed by atoms with Crippen molar-refractivity contribution in [2.24, 2.45) is 0 Å². The molecule has 17 heavy (non-hydrogen) atoms. The highest BCUT2D eigenvalue weighted by atomic mass is 19.4. The Hall–Kier alpha value is -1.23. The van der Waals surface area contributed by atoms with Crippen molar-refractivity contribution in [3.05, 3.63) is 29.3 Å². The summed E-state index contributed by atoms with van der Waals surface area (Å²) in [5.41, 5.74) is 0.189. The molecule has 1 saturated heterocycles. The van der Waals surface area contributed by atoms with Gasteiger partial charge in [0.05, 0.1) is 12.7 Å². The van der Waals surface area contributed by atoms with Crippen molar-refractivity contribution in [2.45, 2.75) is 18.5 Å². The molecule has 5 heteroatoms. The molecule has 1 fully saturated rings. The Labute approximate surface area is 97.8 Å². The van der Waals surface area contributed by atoms with E-state index in [0.717, 1.165) is 31.1 Å². The van der Waals surface area contributed by atoms with Gasteiger partial charge in [0.15, 0.2) is 0 Å². The summed E-state index contributed by atoms with van der Waals surface area (Å²) >= 11 is 0. The van der Waals surface area contributed by atoms with Crippen LogP contribution in [0.4, 0.5) is 13.2 Å². The molecule has 2 rings (SSSR count). The van der Waals surface area contributed by atoms with Gasteiger partial charge in [-0.05, 0) is 36.6 Å². The highest BCUT2D eigenvalue weighted by Crippen LogP contribution is 2.38. The Morgan fingerprint density at radius 1 is 1.35 bits per heavy atom. The number of halogens is 3. The Bertz CT molecular complexity index is 397. The van der Waals surface area contributed by atoms with E-state index >= 15 is 0 Å². The minimum atomic E-state index is -4.36. The summed E-state index contributed by atoms with van der Waals surface area (Å²) in [6.07, 6.45) is -3.41. The predicted molar refractivity (Wildman–Crippen MR) is 58.2 cm³/mol. The third-order valence-corrected chi connectivity index (χ3v) is 3.06. The van der Waals surface area contributed by atoms with Crippen molar-refractivity contribution in [2.75, 3.05) is 20.2 Å². The van der Waals surface area contributed by atoms with Crippen molar-refractivity contribution in [1.82, 2.24) is 5.32 Å². The van der Waals surface area contributed by atoms with Crippen LogP contribution in [0.25, 0.3) is 0 Å². The zero-order chi connectivity index (χ0) is 12.5. The van der Waals surface area contributed by atoms with Gasteiger partial charge in [-0.2, -0.15) is 13.2 Å². The second-order valence-corrected chi connectivity index (χ2v) is 4.15. The van der Waals surface area contributed by atoms with Crippen molar-refractivity contribution in [1.29, 1.82) is 0 Å². The Morgan fingerprint density at radius 3 is 2.65 bits per heavy atom. The van der Waals surface area contributed by atoms with Gasteiger partial charge in [0.25, 0.3) is 0 Å². The van der Waals surface area contributed by atoms with Crippen LogP contribution < -0.4 is 10.1 Å². The number of methoxy groups -OCH3 is 1. The molecule has 94 valence electrons. The van der Waals surface area contributed by atoms with Gasteiger partial charge in [-0.15, -0.1) is 0 Å². The lowest BCUT2D eigenvalue weighted by atomic mass is 9.96. The molecule has 1 aliphatic rings. The number of rotatable bonds is 2. The maximum absolute atomic E-state index is 12.7. The molecule has 0 spiro atoms. The molecule has 0 amide bonds. The molecule has 1 unspecified atom stereocenters. The first-order valence-electron chi connectivity index (χ1n) is 5.48. The van der Waals surface area contributed by atoms with Crippen LogP contribution in [-0.2, 0) is 6.18 Å². The van der Waals surface area contributed by atoms with Crippen LogP contribution in [0.1, 0.15) is 23.5 Å². The highest BCUT2D eigenvalue weighted by molar-refractivity contribution is 5.41.